The van der Waals surface area contributed by atoms with Gasteiger partial charge < -0.3 is 5.32 Å². The topological polar surface area (TPSA) is 81.8 Å². The van der Waals surface area contributed by atoms with Crippen molar-refractivity contribution in [1.82, 2.24) is 19.6 Å². The lowest BCUT2D eigenvalue weighted by molar-refractivity contribution is -0.119. The highest BCUT2D eigenvalue weighted by molar-refractivity contribution is 6.31. The van der Waals surface area contributed by atoms with Crippen molar-refractivity contribution in [2.45, 2.75) is 33.7 Å². The minimum atomic E-state index is -0.837. The first-order valence-corrected chi connectivity index (χ1v) is 10.3. The molecule has 2 aromatic heterocycles. The fourth-order valence-corrected chi connectivity index (χ4v) is 3.80. The molecule has 4 aromatic rings. The van der Waals surface area contributed by atoms with Crippen molar-refractivity contribution >= 4 is 34.1 Å². The van der Waals surface area contributed by atoms with Gasteiger partial charge in [-0.1, -0.05) is 35.9 Å². The summed E-state index contributed by atoms with van der Waals surface area (Å²) in [5.41, 5.74) is 3.53. The van der Waals surface area contributed by atoms with Crippen LogP contribution < -0.4 is 10.9 Å². The second kappa shape index (κ2) is 8.00. The van der Waals surface area contributed by atoms with Crippen LogP contribution in [0.25, 0.3) is 16.6 Å². The maximum Gasteiger partial charge on any atom is 0.295 e. The van der Waals surface area contributed by atoms with E-state index in [1.807, 2.05) is 51.1 Å². The smallest absolute Gasteiger partial charge is 0.295 e. The van der Waals surface area contributed by atoms with Gasteiger partial charge in [0.15, 0.2) is 5.52 Å². The number of fused-ring (bicyclic) bond motifs is 1. The third-order valence-corrected chi connectivity index (χ3v) is 5.83. The SMILES string of the molecule is Cc1c(Cl)cccc1NC(=O)C(C)n1nc(C)c2c(C)n(-c3ccccc3)nc2c1=O. The van der Waals surface area contributed by atoms with E-state index in [-0.39, 0.29) is 11.4 Å². The first kappa shape index (κ1) is 20.8. The van der Waals surface area contributed by atoms with Crippen molar-refractivity contribution in [2.75, 3.05) is 5.32 Å². The zero-order chi connectivity index (χ0) is 22.3. The minimum absolute atomic E-state index is 0.285. The zero-order valence-corrected chi connectivity index (χ0v) is 18.4. The summed E-state index contributed by atoms with van der Waals surface area (Å²) >= 11 is 6.14. The molecule has 2 heterocycles. The van der Waals surface area contributed by atoms with Gasteiger partial charge in [0, 0.05) is 10.7 Å². The van der Waals surface area contributed by atoms with Crippen LogP contribution in [-0.4, -0.2) is 25.5 Å². The Morgan fingerprint density at radius 2 is 1.74 bits per heavy atom. The van der Waals surface area contributed by atoms with Crippen LogP contribution in [0.4, 0.5) is 5.69 Å². The van der Waals surface area contributed by atoms with Gasteiger partial charge in [-0.05, 0) is 57.5 Å². The van der Waals surface area contributed by atoms with Crippen molar-refractivity contribution in [2.24, 2.45) is 0 Å². The molecule has 1 atom stereocenters. The van der Waals surface area contributed by atoms with E-state index in [0.29, 0.717) is 21.8 Å². The molecule has 8 heteroatoms. The Morgan fingerprint density at radius 1 is 1.03 bits per heavy atom. The van der Waals surface area contributed by atoms with Crippen molar-refractivity contribution < 1.29 is 4.79 Å². The average Bonchev–Trinajstić information content (AvgIpc) is 3.12. The molecule has 1 unspecified atom stereocenters. The van der Waals surface area contributed by atoms with Crippen LogP contribution in [0.2, 0.25) is 5.02 Å². The summed E-state index contributed by atoms with van der Waals surface area (Å²) in [4.78, 5) is 26.1. The van der Waals surface area contributed by atoms with Crippen LogP contribution in [0.1, 0.15) is 29.9 Å². The third kappa shape index (κ3) is 3.61. The van der Waals surface area contributed by atoms with Crippen LogP contribution in [0.3, 0.4) is 0 Å². The molecule has 0 saturated heterocycles. The maximum absolute atomic E-state index is 13.2. The third-order valence-electron chi connectivity index (χ3n) is 5.42. The summed E-state index contributed by atoms with van der Waals surface area (Å²) in [7, 11) is 0. The van der Waals surface area contributed by atoms with Gasteiger partial charge in [0.05, 0.1) is 22.5 Å². The summed E-state index contributed by atoms with van der Waals surface area (Å²) in [6.07, 6.45) is 0. The Labute approximate surface area is 184 Å². The van der Waals surface area contributed by atoms with E-state index in [0.717, 1.165) is 16.9 Å². The fraction of sp³-hybridized carbons (Fsp3) is 0.217. The van der Waals surface area contributed by atoms with Crippen LogP contribution in [0, 0.1) is 20.8 Å². The summed E-state index contributed by atoms with van der Waals surface area (Å²) in [6.45, 7) is 7.17. The number of amides is 1. The Kier molecular flexibility index (Phi) is 5.37. The van der Waals surface area contributed by atoms with Gasteiger partial charge in [0.1, 0.15) is 6.04 Å². The van der Waals surface area contributed by atoms with Crippen LogP contribution in [-0.2, 0) is 4.79 Å². The average molecular weight is 436 g/mol. The van der Waals surface area contributed by atoms with Gasteiger partial charge in [0.2, 0.25) is 5.91 Å². The highest BCUT2D eigenvalue weighted by Crippen LogP contribution is 2.24. The Bertz CT molecular complexity index is 1360. The molecule has 2 aromatic carbocycles. The van der Waals surface area contributed by atoms with E-state index < -0.39 is 11.6 Å². The van der Waals surface area contributed by atoms with Crippen molar-refractivity contribution in [3.8, 4) is 5.69 Å². The molecule has 0 aliphatic rings. The van der Waals surface area contributed by atoms with Gasteiger partial charge in [-0.2, -0.15) is 10.2 Å². The molecule has 0 aliphatic carbocycles. The van der Waals surface area contributed by atoms with E-state index in [4.69, 9.17) is 11.6 Å². The molecule has 0 bridgehead atoms. The molecule has 4 rings (SSSR count). The number of nitrogens with zero attached hydrogens (tertiary/aromatic N) is 4. The van der Waals surface area contributed by atoms with Gasteiger partial charge >= 0.3 is 0 Å². The van der Waals surface area contributed by atoms with Crippen molar-refractivity contribution in [3.05, 3.63) is 80.9 Å². The number of carbonyl (C=O) groups is 1. The quantitative estimate of drug-likeness (QED) is 0.516. The predicted molar refractivity (Wildman–Crippen MR) is 122 cm³/mol. The van der Waals surface area contributed by atoms with Gasteiger partial charge in [-0.3, -0.25) is 9.59 Å². The van der Waals surface area contributed by atoms with Crippen LogP contribution in [0.15, 0.2) is 53.3 Å². The minimum Gasteiger partial charge on any atom is -0.324 e. The molecular formula is C23H22ClN5O2. The largest absolute Gasteiger partial charge is 0.324 e. The number of para-hydroxylation sites is 1. The Balaban J connectivity index is 1.76. The molecule has 1 N–H and O–H groups in total. The molecular weight excluding hydrogens is 414 g/mol. The Morgan fingerprint density at radius 3 is 2.45 bits per heavy atom. The highest BCUT2D eigenvalue weighted by atomic mass is 35.5. The molecule has 7 nitrogen and oxygen atoms in total. The highest BCUT2D eigenvalue weighted by Gasteiger charge is 2.23. The zero-order valence-electron chi connectivity index (χ0n) is 17.7. The van der Waals surface area contributed by atoms with Crippen molar-refractivity contribution in [1.29, 1.82) is 0 Å². The van der Waals surface area contributed by atoms with Gasteiger partial charge in [-0.25, -0.2) is 9.36 Å². The van der Waals surface area contributed by atoms with Gasteiger partial charge in [0.25, 0.3) is 5.56 Å². The molecule has 0 radical (unpaired) electrons. The van der Waals surface area contributed by atoms with E-state index >= 15 is 0 Å². The standard InChI is InChI=1S/C23H22ClN5O2/c1-13-18(24)11-8-12-19(13)25-22(30)16(4)29-23(31)21-20(14(2)26-29)15(3)28(27-21)17-9-6-5-7-10-17/h5-12,16H,1-4H3,(H,25,30). The number of nitrogens with one attached hydrogen (secondary N) is 1. The first-order valence-electron chi connectivity index (χ1n) is 9.89. The normalized spacial score (nSPS) is 12.2. The number of carbonyl (C=O) groups excluding carboxylic acids is 1. The lowest BCUT2D eigenvalue weighted by Gasteiger charge is -2.16. The summed E-state index contributed by atoms with van der Waals surface area (Å²) in [6, 6.07) is 14.0. The molecule has 158 valence electrons. The summed E-state index contributed by atoms with van der Waals surface area (Å²) < 4.78 is 2.92. The molecule has 31 heavy (non-hydrogen) atoms. The lowest BCUT2D eigenvalue weighted by atomic mass is 10.2. The molecule has 0 aliphatic heterocycles. The number of aromatic nitrogens is 4. The van der Waals surface area contributed by atoms with Gasteiger partial charge in [-0.15, -0.1) is 0 Å². The number of benzene rings is 2. The predicted octanol–water partition coefficient (Wildman–Crippen LogP) is 4.36. The van der Waals surface area contributed by atoms with E-state index in [2.05, 4.69) is 15.5 Å². The van der Waals surface area contributed by atoms with E-state index in [9.17, 15) is 9.59 Å². The summed E-state index contributed by atoms with van der Waals surface area (Å²) in [5.74, 6) is -0.363. The monoisotopic (exact) mass is 435 g/mol. The number of anilines is 1. The molecule has 0 spiro atoms. The van der Waals surface area contributed by atoms with E-state index in [1.165, 1.54) is 4.68 Å². The number of rotatable bonds is 4. The van der Waals surface area contributed by atoms with Crippen molar-refractivity contribution in [3.63, 3.8) is 0 Å². The summed E-state index contributed by atoms with van der Waals surface area (Å²) in [5, 5.41) is 13.1. The van der Waals surface area contributed by atoms with E-state index in [1.54, 1.807) is 29.8 Å². The molecule has 1 amide bonds. The number of halogens is 1. The fourth-order valence-electron chi connectivity index (χ4n) is 3.62. The molecule has 0 saturated carbocycles. The lowest BCUT2D eigenvalue weighted by Crippen LogP contribution is -2.34. The Hall–Kier alpha value is -3.45. The number of hydrogen-bond acceptors (Lipinski definition) is 4. The van der Waals surface area contributed by atoms with Crippen LogP contribution >= 0.6 is 11.6 Å². The maximum atomic E-state index is 13.2. The second-order valence-electron chi connectivity index (χ2n) is 7.47. The second-order valence-corrected chi connectivity index (χ2v) is 7.88. The number of hydrogen-bond donors (Lipinski definition) is 1. The van der Waals surface area contributed by atoms with Crippen LogP contribution in [0.5, 0.6) is 0 Å². The molecule has 0 fully saturated rings. The first-order chi connectivity index (χ1) is 14.8. The number of aryl methyl sites for hydroxylation is 2.